The molecule has 0 aliphatic carbocycles. The molecule has 0 fully saturated rings. The van der Waals surface area contributed by atoms with Gasteiger partial charge in [-0.15, -0.1) is 11.8 Å². The third kappa shape index (κ3) is 5.42. The topological polar surface area (TPSA) is 76.7 Å². The number of rotatable bonds is 6. The number of anilines is 2. The predicted molar refractivity (Wildman–Crippen MR) is 127 cm³/mol. The largest absolute Gasteiger partial charge is 0.486 e. The molecule has 1 atom stereocenters. The van der Waals surface area contributed by atoms with Crippen LogP contribution in [0.1, 0.15) is 22.8 Å². The van der Waals surface area contributed by atoms with Gasteiger partial charge in [-0.3, -0.25) is 9.59 Å². The number of carbonyl (C=O) groups excluding carboxylic acids is 2. The van der Waals surface area contributed by atoms with Crippen LogP contribution in [0.15, 0.2) is 71.6 Å². The van der Waals surface area contributed by atoms with Crippen molar-refractivity contribution in [2.75, 3.05) is 23.8 Å². The molecule has 0 saturated carbocycles. The highest BCUT2D eigenvalue weighted by molar-refractivity contribution is 8.00. The molecule has 7 heteroatoms. The Balaban J connectivity index is 1.36. The molecular weight excluding hydrogens is 424 g/mol. The average molecular weight is 449 g/mol. The molecule has 1 aliphatic heterocycles. The Morgan fingerprint density at radius 3 is 2.38 bits per heavy atom. The molecule has 0 bridgehead atoms. The normalized spacial score (nSPS) is 13.2. The Morgan fingerprint density at radius 1 is 0.875 bits per heavy atom. The molecule has 2 N–H and O–H groups in total. The van der Waals surface area contributed by atoms with Crippen LogP contribution in [0.5, 0.6) is 11.5 Å². The number of fused-ring (bicyclic) bond motifs is 1. The zero-order valence-electron chi connectivity index (χ0n) is 17.9. The van der Waals surface area contributed by atoms with E-state index >= 15 is 0 Å². The van der Waals surface area contributed by atoms with Crippen molar-refractivity contribution in [1.82, 2.24) is 0 Å². The summed E-state index contributed by atoms with van der Waals surface area (Å²) in [5, 5.41) is 5.49. The van der Waals surface area contributed by atoms with Gasteiger partial charge in [-0.1, -0.05) is 23.8 Å². The number of ether oxygens (including phenoxy) is 2. The van der Waals surface area contributed by atoms with Gasteiger partial charge in [0.25, 0.3) is 5.91 Å². The molecule has 1 aliphatic rings. The highest BCUT2D eigenvalue weighted by Gasteiger charge is 2.17. The number of amides is 2. The van der Waals surface area contributed by atoms with Crippen LogP contribution in [0.25, 0.3) is 0 Å². The third-order valence-electron chi connectivity index (χ3n) is 4.90. The molecule has 6 nitrogen and oxygen atoms in total. The Kier molecular flexibility index (Phi) is 6.66. The summed E-state index contributed by atoms with van der Waals surface area (Å²) in [5.41, 5.74) is 3.04. The van der Waals surface area contributed by atoms with Gasteiger partial charge in [0.2, 0.25) is 5.91 Å². The van der Waals surface area contributed by atoms with Crippen LogP contribution in [0, 0.1) is 6.92 Å². The van der Waals surface area contributed by atoms with Gasteiger partial charge < -0.3 is 20.1 Å². The predicted octanol–water partition coefficient (Wildman–Crippen LogP) is 5.14. The lowest BCUT2D eigenvalue weighted by atomic mass is 10.1. The molecule has 2 amide bonds. The lowest BCUT2D eigenvalue weighted by Gasteiger charge is -2.19. The number of nitrogens with one attached hydrogen (secondary N) is 2. The van der Waals surface area contributed by atoms with E-state index in [2.05, 4.69) is 10.6 Å². The SMILES string of the molecule is Cc1ccc(C(=O)Nc2cccc(SC(C)C(=O)Nc3ccc4c(c3)OCCO4)c2)cc1. The number of hydrogen-bond donors (Lipinski definition) is 2. The molecule has 0 radical (unpaired) electrons. The monoisotopic (exact) mass is 448 g/mol. The number of benzene rings is 3. The first kappa shape index (κ1) is 21.8. The minimum atomic E-state index is -0.341. The van der Waals surface area contributed by atoms with Gasteiger partial charge in [0.05, 0.1) is 5.25 Å². The molecule has 3 aromatic carbocycles. The molecule has 1 unspecified atom stereocenters. The van der Waals surface area contributed by atoms with E-state index < -0.39 is 0 Å². The fourth-order valence-electron chi connectivity index (χ4n) is 3.18. The lowest BCUT2D eigenvalue weighted by molar-refractivity contribution is -0.115. The molecule has 4 rings (SSSR count). The van der Waals surface area contributed by atoms with Gasteiger partial charge in [0, 0.05) is 27.9 Å². The molecule has 0 aromatic heterocycles. The van der Waals surface area contributed by atoms with Crippen molar-refractivity contribution in [3.8, 4) is 11.5 Å². The van der Waals surface area contributed by atoms with Crippen LogP contribution < -0.4 is 20.1 Å². The van der Waals surface area contributed by atoms with E-state index in [0.717, 1.165) is 10.5 Å². The lowest BCUT2D eigenvalue weighted by Crippen LogP contribution is -2.22. The molecule has 0 spiro atoms. The van der Waals surface area contributed by atoms with Gasteiger partial charge in [-0.05, 0) is 56.3 Å². The second-order valence-corrected chi connectivity index (χ2v) is 8.87. The van der Waals surface area contributed by atoms with Gasteiger partial charge in [-0.25, -0.2) is 0 Å². The maximum absolute atomic E-state index is 12.7. The van der Waals surface area contributed by atoms with E-state index in [4.69, 9.17) is 9.47 Å². The average Bonchev–Trinajstić information content (AvgIpc) is 2.79. The molecule has 1 heterocycles. The summed E-state index contributed by atoms with van der Waals surface area (Å²) in [6.45, 7) is 4.84. The summed E-state index contributed by atoms with van der Waals surface area (Å²) < 4.78 is 11.1. The number of aryl methyl sites for hydroxylation is 1. The van der Waals surface area contributed by atoms with Crippen molar-refractivity contribution in [2.45, 2.75) is 24.0 Å². The summed E-state index contributed by atoms with van der Waals surface area (Å²) in [6, 6.07) is 20.2. The summed E-state index contributed by atoms with van der Waals surface area (Å²) in [6.07, 6.45) is 0. The van der Waals surface area contributed by atoms with Crippen molar-refractivity contribution in [1.29, 1.82) is 0 Å². The zero-order chi connectivity index (χ0) is 22.5. The standard InChI is InChI=1S/C25H24N2O4S/c1-16-6-8-18(9-7-16)25(29)27-19-4-3-5-21(14-19)32-17(2)24(28)26-20-10-11-22-23(15-20)31-13-12-30-22/h3-11,14-15,17H,12-13H2,1-2H3,(H,26,28)(H,27,29). The quantitative estimate of drug-likeness (QED) is 0.511. The molecule has 32 heavy (non-hydrogen) atoms. The summed E-state index contributed by atoms with van der Waals surface area (Å²) >= 11 is 1.42. The smallest absolute Gasteiger partial charge is 0.255 e. The summed E-state index contributed by atoms with van der Waals surface area (Å²) in [7, 11) is 0. The van der Waals surface area contributed by atoms with E-state index in [1.165, 1.54) is 11.8 Å². The Bertz CT molecular complexity index is 1130. The van der Waals surface area contributed by atoms with Crippen LogP contribution in [0.4, 0.5) is 11.4 Å². The second kappa shape index (κ2) is 9.78. The molecule has 3 aromatic rings. The number of carbonyl (C=O) groups is 2. The molecular formula is C25H24N2O4S. The van der Waals surface area contributed by atoms with E-state index in [1.807, 2.05) is 50.2 Å². The fraction of sp³-hybridized carbons (Fsp3) is 0.200. The first-order chi connectivity index (χ1) is 15.5. The minimum absolute atomic E-state index is 0.124. The number of thioether (sulfide) groups is 1. The van der Waals surface area contributed by atoms with Crippen molar-refractivity contribution in [3.05, 3.63) is 77.9 Å². The fourth-order valence-corrected chi connectivity index (χ4v) is 4.10. The van der Waals surface area contributed by atoms with E-state index in [-0.39, 0.29) is 17.1 Å². The van der Waals surface area contributed by atoms with Gasteiger partial charge >= 0.3 is 0 Å². The van der Waals surface area contributed by atoms with E-state index in [9.17, 15) is 9.59 Å². The van der Waals surface area contributed by atoms with Crippen LogP contribution in [0.2, 0.25) is 0 Å². The zero-order valence-corrected chi connectivity index (χ0v) is 18.7. The van der Waals surface area contributed by atoms with Crippen LogP contribution in [0.3, 0.4) is 0 Å². The van der Waals surface area contributed by atoms with E-state index in [0.29, 0.717) is 41.7 Å². The minimum Gasteiger partial charge on any atom is -0.486 e. The van der Waals surface area contributed by atoms with Crippen molar-refractivity contribution < 1.29 is 19.1 Å². The summed E-state index contributed by atoms with van der Waals surface area (Å²) in [5.74, 6) is 1.02. The maximum atomic E-state index is 12.7. The summed E-state index contributed by atoms with van der Waals surface area (Å²) in [4.78, 5) is 26.0. The van der Waals surface area contributed by atoms with Crippen LogP contribution >= 0.6 is 11.8 Å². The number of hydrogen-bond acceptors (Lipinski definition) is 5. The van der Waals surface area contributed by atoms with Gasteiger partial charge in [0.15, 0.2) is 11.5 Å². The van der Waals surface area contributed by atoms with Crippen LogP contribution in [-0.2, 0) is 4.79 Å². The van der Waals surface area contributed by atoms with Crippen molar-refractivity contribution in [2.24, 2.45) is 0 Å². The van der Waals surface area contributed by atoms with Crippen LogP contribution in [-0.4, -0.2) is 30.3 Å². The van der Waals surface area contributed by atoms with Gasteiger partial charge in [-0.2, -0.15) is 0 Å². The van der Waals surface area contributed by atoms with E-state index in [1.54, 1.807) is 30.3 Å². The maximum Gasteiger partial charge on any atom is 0.255 e. The second-order valence-electron chi connectivity index (χ2n) is 7.46. The molecule has 0 saturated heterocycles. The third-order valence-corrected chi connectivity index (χ3v) is 5.99. The first-order valence-corrected chi connectivity index (χ1v) is 11.2. The molecule has 164 valence electrons. The highest BCUT2D eigenvalue weighted by Crippen LogP contribution is 2.33. The Morgan fingerprint density at radius 2 is 1.59 bits per heavy atom. The Labute approximate surface area is 191 Å². The van der Waals surface area contributed by atoms with Crippen molar-refractivity contribution in [3.63, 3.8) is 0 Å². The van der Waals surface area contributed by atoms with Crippen molar-refractivity contribution >= 4 is 35.0 Å². The van der Waals surface area contributed by atoms with Gasteiger partial charge in [0.1, 0.15) is 13.2 Å². The first-order valence-electron chi connectivity index (χ1n) is 10.3. The Hall–Kier alpha value is -3.45. The highest BCUT2D eigenvalue weighted by atomic mass is 32.2.